The summed E-state index contributed by atoms with van der Waals surface area (Å²) in [5.41, 5.74) is 2.74. The van der Waals surface area contributed by atoms with Crippen molar-refractivity contribution in [2.75, 3.05) is 5.32 Å². The minimum Gasteiger partial charge on any atom is -0.406 e. The van der Waals surface area contributed by atoms with E-state index in [2.05, 4.69) is 20.1 Å². The van der Waals surface area contributed by atoms with E-state index >= 15 is 0 Å². The van der Waals surface area contributed by atoms with Crippen molar-refractivity contribution in [2.24, 2.45) is 0 Å². The highest BCUT2D eigenvalue weighted by Crippen LogP contribution is 2.27. The number of hydrogen-bond donors (Lipinski definition) is 2. The van der Waals surface area contributed by atoms with E-state index < -0.39 is 12.5 Å². The predicted molar refractivity (Wildman–Crippen MR) is 103 cm³/mol. The van der Waals surface area contributed by atoms with Gasteiger partial charge in [-0.3, -0.25) is 4.98 Å². The summed E-state index contributed by atoms with van der Waals surface area (Å²) < 4.78 is 43.0. The maximum atomic E-state index is 12.4. The molecule has 2 aromatic heterocycles. The van der Waals surface area contributed by atoms with Gasteiger partial charge in [-0.25, -0.2) is 4.68 Å². The van der Waals surface area contributed by atoms with Crippen molar-refractivity contribution < 1.29 is 23.0 Å². The molecule has 0 saturated heterocycles. The molecule has 154 valence electrons. The molecule has 29 heavy (non-hydrogen) atoms. The molecule has 3 rings (SSSR count). The summed E-state index contributed by atoms with van der Waals surface area (Å²) in [6.45, 7) is 3.74. The lowest BCUT2D eigenvalue weighted by Gasteiger charge is -2.10. The molecule has 0 amide bonds. The first-order valence-corrected chi connectivity index (χ1v) is 9.06. The summed E-state index contributed by atoms with van der Waals surface area (Å²) in [7, 11) is 0. The lowest BCUT2D eigenvalue weighted by atomic mass is 10.1. The van der Waals surface area contributed by atoms with Crippen LogP contribution in [0.2, 0.25) is 0 Å². The molecule has 2 heterocycles. The lowest BCUT2D eigenvalue weighted by molar-refractivity contribution is -0.274. The Kier molecular flexibility index (Phi) is 6.07. The number of aromatic nitrogens is 3. The van der Waals surface area contributed by atoms with Crippen LogP contribution in [0, 0.1) is 6.92 Å². The Balaban J connectivity index is 1.90. The molecule has 0 unspecified atom stereocenters. The SMILES string of the molecule is CC[C@H](O)Cc1cc(Nc2cccc(OC(F)(F)F)c2)nn1-c1ccnc(C)c1. The minimum absolute atomic E-state index is 0.326. The van der Waals surface area contributed by atoms with Gasteiger partial charge in [0.05, 0.1) is 11.8 Å². The third-order valence-corrected chi connectivity index (χ3v) is 4.16. The number of aliphatic hydroxyl groups excluding tert-OH is 1. The zero-order valence-electron chi connectivity index (χ0n) is 15.9. The summed E-state index contributed by atoms with van der Waals surface area (Å²) in [6, 6.07) is 10.9. The van der Waals surface area contributed by atoms with Gasteiger partial charge in [-0.05, 0) is 37.6 Å². The number of aryl methyl sites for hydroxylation is 1. The van der Waals surface area contributed by atoms with Crippen LogP contribution >= 0.6 is 0 Å². The number of rotatable bonds is 7. The number of ether oxygens (including phenoxy) is 1. The van der Waals surface area contributed by atoms with E-state index in [4.69, 9.17) is 0 Å². The molecule has 9 heteroatoms. The molecule has 2 N–H and O–H groups in total. The normalized spacial score (nSPS) is 12.6. The summed E-state index contributed by atoms with van der Waals surface area (Å²) in [5, 5.41) is 17.6. The Hall–Kier alpha value is -3.07. The van der Waals surface area contributed by atoms with E-state index in [0.717, 1.165) is 17.1 Å². The van der Waals surface area contributed by atoms with Crippen LogP contribution in [0.1, 0.15) is 24.7 Å². The van der Waals surface area contributed by atoms with Gasteiger partial charge in [0, 0.05) is 41.8 Å². The summed E-state index contributed by atoms with van der Waals surface area (Å²) in [5.74, 6) is 0.107. The maximum absolute atomic E-state index is 12.4. The molecule has 0 radical (unpaired) electrons. The van der Waals surface area contributed by atoms with Gasteiger partial charge in [-0.2, -0.15) is 0 Å². The number of pyridine rings is 1. The Morgan fingerprint density at radius 2 is 2.00 bits per heavy atom. The number of nitrogens with zero attached hydrogens (tertiary/aromatic N) is 3. The molecule has 3 aromatic rings. The van der Waals surface area contributed by atoms with Gasteiger partial charge in [0.25, 0.3) is 0 Å². The molecule has 0 aliphatic carbocycles. The number of benzene rings is 1. The van der Waals surface area contributed by atoms with Crippen LogP contribution < -0.4 is 10.1 Å². The van der Waals surface area contributed by atoms with Crippen LogP contribution in [0.4, 0.5) is 24.7 Å². The van der Waals surface area contributed by atoms with Crippen molar-refractivity contribution in [3.8, 4) is 11.4 Å². The van der Waals surface area contributed by atoms with E-state index in [1.54, 1.807) is 29.1 Å². The molecule has 0 fully saturated rings. The van der Waals surface area contributed by atoms with Crippen LogP contribution in [0.3, 0.4) is 0 Å². The Bertz CT molecular complexity index is 972. The van der Waals surface area contributed by atoms with Gasteiger partial charge in [0.15, 0.2) is 5.82 Å². The Labute approximate surface area is 166 Å². The number of halogens is 3. The fraction of sp³-hybridized carbons (Fsp3) is 0.300. The molecule has 6 nitrogen and oxygen atoms in total. The number of anilines is 2. The van der Waals surface area contributed by atoms with Crippen LogP contribution in [0.5, 0.6) is 5.75 Å². The number of alkyl halides is 3. The smallest absolute Gasteiger partial charge is 0.406 e. The highest BCUT2D eigenvalue weighted by atomic mass is 19.4. The van der Waals surface area contributed by atoms with Crippen LogP contribution in [0.25, 0.3) is 5.69 Å². The molecule has 1 aromatic carbocycles. The fourth-order valence-corrected chi connectivity index (χ4v) is 2.82. The van der Waals surface area contributed by atoms with Crippen molar-refractivity contribution in [3.63, 3.8) is 0 Å². The number of aliphatic hydroxyl groups is 1. The average molecular weight is 406 g/mol. The number of hydrogen-bond acceptors (Lipinski definition) is 5. The van der Waals surface area contributed by atoms with E-state index in [1.807, 2.05) is 19.9 Å². The van der Waals surface area contributed by atoms with Gasteiger partial charge >= 0.3 is 6.36 Å². The zero-order valence-corrected chi connectivity index (χ0v) is 15.9. The van der Waals surface area contributed by atoms with E-state index in [-0.39, 0.29) is 5.75 Å². The molecule has 0 saturated carbocycles. The van der Waals surface area contributed by atoms with Crippen molar-refractivity contribution in [2.45, 2.75) is 39.2 Å². The molecule has 0 aliphatic rings. The highest BCUT2D eigenvalue weighted by molar-refractivity contribution is 5.59. The maximum Gasteiger partial charge on any atom is 0.573 e. The van der Waals surface area contributed by atoms with Crippen molar-refractivity contribution >= 4 is 11.5 Å². The Morgan fingerprint density at radius 1 is 1.21 bits per heavy atom. The van der Waals surface area contributed by atoms with Gasteiger partial charge in [-0.1, -0.05) is 13.0 Å². The molecule has 0 spiro atoms. The minimum atomic E-state index is -4.76. The molecular formula is C20H21F3N4O2. The van der Waals surface area contributed by atoms with E-state index in [1.165, 1.54) is 18.2 Å². The largest absolute Gasteiger partial charge is 0.573 e. The summed E-state index contributed by atoms with van der Waals surface area (Å²) in [4.78, 5) is 4.17. The van der Waals surface area contributed by atoms with Crippen molar-refractivity contribution in [1.82, 2.24) is 14.8 Å². The van der Waals surface area contributed by atoms with Gasteiger partial charge in [-0.15, -0.1) is 18.3 Å². The molecule has 1 atom stereocenters. The first kappa shape index (κ1) is 20.7. The van der Waals surface area contributed by atoms with E-state index in [9.17, 15) is 18.3 Å². The van der Waals surface area contributed by atoms with Crippen LogP contribution in [-0.2, 0) is 6.42 Å². The standard InChI is InChI=1S/C20H21F3N4O2/c1-3-17(28)11-16-12-19(26-27(16)15-7-8-24-13(2)9-15)25-14-5-4-6-18(10-14)29-20(21,22)23/h4-10,12,17,28H,3,11H2,1-2H3,(H,25,26)/t17-/m0/s1. The van der Waals surface area contributed by atoms with Gasteiger partial charge in [0.1, 0.15) is 5.75 Å². The first-order valence-electron chi connectivity index (χ1n) is 9.06. The topological polar surface area (TPSA) is 72.2 Å². The van der Waals surface area contributed by atoms with Crippen molar-refractivity contribution in [1.29, 1.82) is 0 Å². The second-order valence-corrected chi connectivity index (χ2v) is 6.55. The molecule has 0 bridgehead atoms. The third-order valence-electron chi connectivity index (χ3n) is 4.16. The zero-order chi connectivity index (χ0) is 21.0. The quantitative estimate of drug-likeness (QED) is 0.603. The van der Waals surface area contributed by atoms with Crippen LogP contribution in [0.15, 0.2) is 48.7 Å². The Morgan fingerprint density at radius 3 is 2.69 bits per heavy atom. The first-order chi connectivity index (χ1) is 13.7. The summed E-state index contributed by atoms with van der Waals surface area (Å²) in [6.07, 6.45) is -2.67. The third kappa shape index (κ3) is 5.71. The van der Waals surface area contributed by atoms with Crippen LogP contribution in [-0.4, -0.2) is 32.3 Å². The van der Waals surface area contributed by atoms with Gasteiger partial charge in [0.2, 0.25) is 0 Å². The van der Waals surface area contributed by atoms with Gasteiger partial charge < -0.3 is 15.2 Å². The second kappa shape index (κ2) is 8.52. The molecular weight excluding hydrogens is 385 g/mol. The lowest BCUT2D eigenvalue weighted by Crippen LogP contribution is -2.17. The second-order valence-electron chi connectivity index (χ2n) is 6.55. The average Bonchev–Trinajstić information content (AvgIpc) is 3.02. The highest BCUT2D eigenvalue weighted by Gasteiger charge is 2.31. The van der Waals surface area contributed by atoms with Crippen molar-refractivity contribution in [3.05, 3.63) is 60.0 Å². The summed E-state index contributed by atoms with van der Waals surface area (Å²) >= 11 is 0. The van der Waals surface area contributed by atoms with E-state index in [0.29, 0.717) is 24.3 Å². The number of nitrogens with one attached hydrogen (secondary N) is 1. The molecule has 0 aliphatic heterocycles. The fourth-order valence-electron chi connectivity index (χ4n) is 2.82. The monoisotopic (exact) mass is 406 g/mol. The predicted octanol–water partition coefficient (Wildman–Crippen LogP) is 4.53.